The molecule has 0 amide bonds. The Balaban J connectivity index is 2.07. The molecule has 31 heavy (non-hydrogen) atoms. The van der Waals surface area contributed by atoms with Gasteiger partial charge >= 0.3 is 5.97 Å². The van der Waals surface area contributed by atoms with Gasteiger partial charge in [-0.15, -0.1) is 0 Å². The van der Waals surface area contributed by atoms with E-state index in [4.69, 9.17) is 21.1 Å². The van der Waals surface area contributed by atoms with E-state index >= 15 is 0 Å². The quantitative estimate of drug-likeness (QED) is 0.529. The molecule has 0 radical (unpaired) electrons. The summed E-state index contributed by atoms with van der Waals surface area (Å²) in [5, 5.41) is 6.99. The van der Waals surface area contributed by atoms with Gasteiger partial charge in [0, 0.05) is 26.0 Å². The van der Waals surface area contributed by atoms with Crippen molar-refractivity contribution >= 4 is 17.6 Å². The molecule has 0 spiro atoms. The molecule has 2 rings (SSSR count). The second kappa shape index (κ2) is 12.0. The number of hydrogen-bond acceptors (Lipinski definition) is 7. The Kier molecular flexibility index (Phi) is 9.65. The van der Waals surface area contributed by atoms with Gasteiger partial charge in [0.1, 0.15) is 5.02 Å². The first-order chi connectivity index (χ1) is 14.8. The van der Waals surface area contributed by atoms with Crippen molar-refractivity contribution in [2.24, 2.45) is 11.8 Å². The first kappa shape index (κ1) is 25.0. The molecule has 0 saturated heterocycles. The van der Waals surface area contributed by atoms with E-state index in [0.29, 0.717) is 42.5 Å². The lowest BCUT2D eigenvalue weighted by Gasteiger charge is -2.34. The van der Waals surface area contributed by atoms with E-state index in [1.54, 1.807) is 13.1 Å². The topological polar surface area (TPSA) is 75.7 Å². The van der Waals surface area contributed by atoms with Crippen molar-refractivity contribution < 1.29 is 14.3 Å². The number of carbonyl (C=O) groups is 1. The Morgan fingerprint density at radius 1 is 1.39 bits per heavy atom. The van der Waals surface area contributed by atoms with Crippen LogP contribution in [-0.2, 0) is 16.1 Å². The fourth-order valence-corrected chi connectivity index (χ4v) is 3.38. The number of rotatable bonds is 10. The molecule has 8 heteroatoms. The third-order valence-electron chi connectivity index (χ3n) is 5.48. The van der Waals surface area contributed by atoms with Crippen LogP contribution in [0.4, 0.5) is 0 Å². The number of esters is 1. The Labute approximate surface area is 190 Å². The lowest BCUT2D eigenvalue weighted by Crippen LogP contribution is -2.47. The van der Waals surface area contributed by atoms with Crippen LogP contribution in [-0.4, -0.2) is 55.2 Å². The molecule has 0 aliphatic carbocycles. The molecule has 0 saturated carbocycles. The standard InChI is InChI=1S/C23H35ClN4O3/c1-7-30-23(29)21-18(20(25-5)8-9-28(21)6)13-26-11-17-10-19(24)22(27-12-17)31-14-16(4)15(2)3/h8-10,12-13,15-16,20-21,25-26H,7,11,14H2,1-6H3/b18-13+. The number of aromatic nitrogens is 1. The predicted octanol–water partition coefficient (Wildman–Crippen LogP) is 3.36. The molecule has 2 heterocycles. The van der Waals surface area contributed by atoms with Crippen LogP contribution in [0.3, 0.4) is 0 Å². The minimum Gasteiger partial charge on any atom is -0.476 e. The number of carbonyl (C=O) groups excluding carboxylic acids is 1. The van der Waals surface area contributed by atoms with Crippen LogP contribution in [0.2, 0.25) is 5.02 Å². The van der Waals surface area contributed by atoms with Gasteiger partial charge in [-0.25, -0.2) is 9.78 Å². The largest absolute Gasteiger partial charge is 0.476 e. The molecule has 0 fully saturated rings. The third-order valence-corrected chi connectivity index (χ3v) is 5.75. The van der Waals surface area contributed by atoms with E-state index in [2.05, 4.69) is 36.4 Å². The molecular formula is C23H35ClN4O3. The van der Waals surface area contributed by atoms with Gasteiger partial charge in [0.25, 0.3) is 0 Å². The second-order valence-electron chi connectivity index (χ2n) is 8.12. The minimum absolute atomic E-state index is 0.0708. The zero-order chi connectivity index (χ0) is 23.0. The molecule has 2 N–H and O–H groups in total. The molecule has 1 aliphatic rings. The van der Waals surface area contributed by atoms with E-state index in [-0.39, 0.29) is 12.0 Å². The van der Waals surface area contributed by atoms with Gasteiger partial charge in [0.15, 0.2) is 6.04 Å². The molecule has 7 nitrogen and oxygen atoms in total. The average Bonchev–Trinajstić information content (AvgIpc) is 2.73. The Hall–Kier alpha value is -2.25. The van der Waals surface area contributed by atoms with E-state index in [1.165, 1.54) is 0 Å². The average molecular weight is 451 g/mol. The maximum atomic E-state index is 12.5. The molecule has 3 unspecified atom stereocenters. The first-order valence-corrected chi connectivity index (χ1v) is 11.1. The van der Waals surface area contributed by atoms with Crippen LogP contribution in [0.25, 0.3) is 0 Å². The fourth-order valence-electron chi connectivity index (χ4n) is 3.14. The molecule has 1 aliphatic heterocycles. The van der Waals surface area contributed by atoms with Crippen molar-refractivity contribution in [3.8, 4) is 5.88 Å². The number of ether oxygens (including phenoxy) is 2. The van der Waals surface area contributed by atoms with Crippen LogP contribution < -0.4 is 15.4 Å². The van der Waals surface area contributed by atoms with Gasteiger partial charge in [-0.3, -0.25) is 0 Å². The first-order valence-electron chi connectivity index (χ1n) is 10.7. The molecule has 172 valence electrons. The van der Waals surface area contributed by atoms with E-state index in [1.807, 2.05) is 43.5 Å². The Morgan fingerprint density at radius 2 is 2.13 bits per heavy atom. The highest BCUT2D eigenvalue weighted by Crippen LogP contribution is 2.24. The highest BCUT2D eigenvalue weighted by Gasteiger charge is 2.33. The summed E-state index contributed by atoms with van der Waals surface area (Å²) < 4.78 is 11.0. The lowest BCUT2D eigenvalue weighted by molar-refractivity contribution is -0.147. The van der Waals surface area contributed by atoms with Crippen LogP contribution in [0.1, 0.15) is 33.3 Å². The van der Waals surface area contributed by atoms with Gasteiger partial charge < -0.3 is 25.0 Å². The van der Waals surface area contributed by atoms with Crippen LogP contribution in [0.5, 0.6) is 5.88 Å². The minimum atomic E-state index is -0.490. The zero-order valence-corrected chi connectivity index (χ0v) is 20.1. The van der Waals surface area contributed by atoms with Crippen molar-refractivity contribution in [1.29, 1.82) is 0 Å². The van der Waals surface area contributed by atoms with Gasteiger partial charge in [-0.2, -0.15) is 0 Å². The predicted molar refractivity (Wildman–Crippen MR) is 124 cm³/mol. The highest BCUT2D eigenvalue weighted by molar-refractivity contribution is 6.31. The van der Waals surface area contributed by atoms with Crippen molar-refractivity contribution in [3.63, 3.8) is 0 Å². The summed E-state index contributed by atoms with van der Waals surface area (Å²) >= 11 is 6.37. The van der Waals surface area contributed by atoms with Gasteiger partial charge in [0.05, 0.1) is 19.3 Å². The summed E-state index contributed by atoms with van der Waals surface area (Å²) in [6.07, 6.45) is 7.51. The van der Waals surface area contributed by atoms with Gasteiger partial charge in [-0.05, 0) is 55.3 Å². The lowest BCUT2D eigenvalue weighted by atomic mass is 9.95. The Morgan fingerprint density at radius 3 is 2.74 bits per heavy atom. The van der Waals surface area contributed by atoms with E-state index < -0.39 is 6.04 Å². The summed E-state index contributed by atoms with van der Waals surface area (Å²) in [5.41, 5.74) is 1.80. The number of nitrogens with one attached hydrogen (secondary N) is 2. The maximum absolute atomic E-state index is 12.5. The van der Waals surface area contributed by atoms with Crippen molar-refractivity contribution in [1.82, 2.24) is 20.5 Å². The summed E-state index contributed by atoms with van der Waals surface area (Å²) in [7, 11) is 3.72. The van der Waals surface area contributed by atoms with Gasteiger partial charge in [-0.1, -0.05) is 32.4 Å². The third kappa shape index (κ3) is 6.87. The van der Waals surface area contributed by atoms with E-state index in [9.17, 15) is 4.79 Å². The number of nitrogens with zero attached hydrogens (tertiary/aromatic N) is 2. The highest BCUT2D eigenvalue weighted by atomic mass is 35.5. The van der Waals surface area contributed by atoms with Crippen molar-refractivity contribution in [3.05, 3.63) is 46.9 Å². The summed E-state index contributed by atoms with van der Waals surface area (Å²) in [6.45, 7) is 9.71. The number of hydrogen-bond donors (Lipinski definition) is 2. The molecule has 3 atom stereocenters. The van der Waals surface area contributed by atoms with E-state index in [0.717, 1.165) is 11.1 Å². The number of halogens is 1. The molecule has 0 aromatic carbocycles. The number of likely N-dealkylation sites (N-methyl/N-ethyl adjacent to an activating group) is 2. The van der Waals surface area contributed by atoms with Gasteiger partial charge in [0.2, 0.25) is 5.88 Å². The SMILES string of the molecule is CCOC(=O)C1/C(=C/NCc2cnc(OCC(C)C(C)C)c(Cl)c2)C(NC)C=CN1C. The summed E-state index contributed by atoms with van der Waals surface area (Å²) in [4.78, 5) is 18.7. The second-order valence-corrected chi connectivity index (χ2v) is 8.52. The Bertz CT molecular complexity index is 797. The molecular weight excluding hydrogens is 416 g/mol. The van der Waals surface area contributed by atoms with Crippen LogP contribution >= 0.6 is 11.6 Å². The monoisotopic (exact) mass is 450 g/mol. The molecule has 1 aromatic heterocycles. The summed E-state index contributed by atoms with van der Waals surface area (Å²) in [5.74, 6) is 1.13. The summed E-state index contributed by atoms with van der Waals surface area (Å²) in [6, 6.07) is 1.29. The fraction of sp³-hybridized carbons (Fsp3) is 0.565. The van der Waals surface area contributed by atoms with Crippen LogP contribution in [0.15, 0.2) is 36.3 Å². The zero-order valence-electron chi connectivity index (χ0n) is 19.3. The smallest absolute Gasteiger partial charge is 0.333 e. The molecule has 1 aromatic rings. The van der Waals surface area contributed by atoms with Crippen molar-refractivity contribution in [2.45, 2.75) is 46.3 Å². The van der Waals surface area contributed by atoms with Crippen LogP contribution in [0, 0.1) is 11.8 Å². The number of pyridine rings is 1. The molecule has 0 bridgehead atoms. The van der Waals surface area contributed by atoms with Crippen molar-refractivity contribution in [2.75, 3.05) is 27.3 Å². The normalized spacial score (nSPS) is 20.8. The maximum Gasteiger partial charge on any atom is 0.333 e.